The normalized spacial score (nSPS) is 18.2. The number of aryl methyl sites for hydroxylation is 1. The Hall–Kier alpha value is -3.23. The fourth-order valence-corrected chi connectivity index (χ4v) is 6.26. The van der Waals surface area contributed by atoms with E-state index in [0.717, 1.165) is 72.9 Å². The van der Waals surface area contributed by atoms with Gasteiger partial charge in [-0.25, -0.2) is 4.68 Å². The van der Waals surface area contributed by atoms with E-state index < -0.39 is 0 Å². The molecule has 1 saturated carbocycles. The number of fused-ring (bicyclic) bond motifs is 1. The molecule has 2 aromatic carbocycles. The highest BCUT2D eigenvalue weighted by Crippen LogP contribution is 2.34. The van der Waals surface area contributed by atoms with Crippen LogP contribution in [0, 0.1) is 0 Å². The van der Waals surface area contributed by atoms with Crippen LogP contribution in [0.25, 0.3) is 10.9 Å². The van der Waals surface area contributed by atoms with Crippen LogP contribution in [0.5, 0.6) is 0 Å². The van der Waals surface area contributed by atoms with Crippen LogP contribution in [0.2, 0.25) is 5.02 Å². The Morgan fingerprint density at radius 2 is 1.84 bits per heavy atom. The number of anilines is 1. The van der Waals surface area contributed by atoms with E-state index in [1.54, 1.807) is 0 Å². The van der Waals surface area contributed by atoms with Crippen LogP contribution in [0.3, 0.4) is 0 Å². The SMILES string of the molecule is CCc1ccc2[nH]c(=O)c(C(c3nnnn3C3CCCCC3)N3CCN(c4cccc(Cl)c4)CC3)cc2c1. The maximum atomic E-state index is 13.6. The summed E-state index contributed by atoms with van der Waals surface area (Å²) in [6.45, 7) is 5.36. The Morgan fingerprint density at radius 3 is 2.61 bits per heavy atom. The van der Waals surface area contributed by atoms with Gasteiger partial charge in [-0.05, 0) is 77.0 Å². The molecular weight excluding hydrogens is 498 g/mol. The van der Waals surface area contributed by atoms with E-state index in [-0.39, 0.29) is 17.6 Å². The average Bonchev–Trinajstić information content (AvgIpc) is 3.43. The quantitative estimate of drug-likeness (QED) is 0.370. The van der Waals surface area contributed by atoms with Crippen LogP contribution in [0.4, 0.5) is 5.69 Å². The van der Waals surface area contributed by atoms with Gasteiger partial charge < -0.3 is 9.88 Å². The fraction of sp³-hybridized carbons (Fsp3) is 0.448. The highest BCUT2D eigenvalue weighted by atomic mass is 35.5. The van der Waals surface area contributed by atoms with E-state index >= 15 is 0 Å². The second kappa shape index (κ2) is 10.9. The summed E-state index contributed by atoms with van der Waals surface area (Å²) in [5.41, 5.74) is 3.84. The summed E-state index contributed by atoms with van der Waals surface area (Å²) < 4.78 is 2.01. The van der Waals surface area contributed by atoms with E-state index in [1.807, 2.05) is 28.9 Å². The summed E-state index contributed by atoms with van der Waals surface area (Å²) in [5, 5.41) is 14.9. The van der Waals surface area contributed by atoms with Gasteiger partial charge in [-0.15, -0.1) is 5.10 Å². The second-order valence-electron chi connectivity index (χ2n) is 10.5. The maximum absolute atomic E-state index is 13.6. The van der Waals surface area contributed by atoms with Gasteiger partial charge in [0.15, 0.2) is 5.82 Å². The lowest BCUT2D eigenvalue weighted by Gasteiger charge is -2.40. The number of rotatable bonds is 6. The standard InChI is InChI=1S/C29H34ClN7O/c1-2-20-11-12-26-21(17-20)18-25(29(38)31-26)27(28-32-33-34-37(28)23-8-4-3-5-9-23)36-15-13-35(14-16-36)24-10-6-7-22(30)19-24/h6-7,10-12,17-19,23,27H,2-5,8-9,13-16H2,1H3,(H,31,38). The summed E-state index contributed by atoms with van der Waals surface area (Å²) in [5.74, 6) is 0.768. The molecule has 3 heterocycles. The molecule has 0 amide bonds. The summed E-state index contributed by atoms with van der Waals surface area (Å²) in [4.78, 5) is 21.5. The van der Waals surface area contributed by atoms with E-state index in [2.05, 4.69) is 61.5 Å². The third-order valence-corrected chi connectivity index (χ3v) is 8.41. The van der Waals surface area contributed by atoms with Crippen LogP contribution in [-0.2, 0) is 6.42 Å². The molecule has 198 valence electrons. The zero-order chi connectivity index (χ0) is 26.1. The summed E-state index contributed by atoms with van der Waals surface area (Å²) >= 11 is 6.27. The number of nitrogens with one attached hydrogen (secondary N) is 1. The van der Waals surface area contributed by atoms with Gasteiger partial charge in [0, 0.05) is 48.0 Å². The van der Waals surface area contributed by atoms with Crippen LogP contribution in [0.15, 0.2) is 53.3 Å². The zero-order valence-electron chi connectivity index (χ0n) is 21.8. The van der Waals surface area contributed by atoms with Gasteiger partial charge in [0.25, 0.3) is 5.56 Å². The first-order valence-electron chi connectivity index (χ1n) is 13.8. The molecule has 1 unspecified atom stereocenters. The van der Waals surface area contributed by atoms with Crippen molar-refractivity contribution in [3.8, 4) is 0 Å². The first-order chi connectivity index (χ1) is 18.6. The van der Waals surface area contributed by atoms with Gasteiger partial charge >= 0.3 is 0 Å². The molecule has 38 heavy (non-hydrogen) atoms. The van der Waals surface area contributed by atoms with Crippen LogP contribution in [-0.4, -0.2) is 56.3 Å². The first-order valence-corrected chi connectivity index (χ1v) is 14.2. The van der Waals surface area contributed by atoms with Gasteiger partial charge in [-0.1, -0.05) is 49.9 Å². The van der Waals surface area contributed by atoms with Gasteiger partial charge in [0.1, 0.15) is 6.04 Å². The molecule has 9 heteroatoms. The van der Waals surface area contributed by atoms with Crippen molar-refractivity contribution in [3.05, 3.63) is 80.9 Å². The Labute approximate surface area is 227 Å². The highest BCUT2D eigenvalue weighted by molar-refractivity contribution is 6.30. The Bertz CT molecular complexity index is 1470. The summed E-state index contributed by atoms with van der Waals surface area (Å²) in [6, 6.07) is 16.3. The lowest BCUT2D eigenvalue weighted by Crippen LogP contribution is -2.49. The number of tetrazole rings is 1. The smallest absolute Gasteiger partial charge is 0.253 e. The predicted octanol–water partition coefficient (Wildman–Crippen LogP) is 5.15. The molecule has 8 nitrogen and oxygen atoms in total. The van der Waals surface area contributed by atoms with Crippen LogP contribution >= 0.6 is 11.6 Å². The predicted molar refractivity (Wildman–Crippen MR) is 151 cm³/mol. The number of aromatic nitrogens is 5. The number of piperazine rings is 1. The number of hydrogen-bond donors (Lipinski definition) is 1. The highest BCUT2D eigenvalue weighted by Gasteiger charge is 2.34. The number of pyridine rings is 1. The largest absolute Gasteiger partial charge is 0.369 e. The Balaban J connectivity index is 1.39. The third kappa shape index (κ3) is 4.95. The Kier molecular flexibility index (Phi) is 7.17. The third-order valence-electron chi connectivity index (χ3n) is 8.18. The monoisotopic (exact) mass is 531 g/mol. The number of benzene rings is 2. The molecule has 1 N–H and O–H groups in total. The maximum Gasteiger partial charge on any atom is 0.253 e. The molecule has 1 saturated heterocycles. The average molecular weight is 532 g/mol. The van der Waals surface area contributed by atoms with Crippen molar-refractivity contribution >= 4 is 28.2 Å². The number of halogens is 1. The lowest BCUT2D eigenvalue weighted by atomic mass is 9.95. The van der Waals surface area contributed by atoms with Crippen molar-refractivity contribution in [1.29, 1.82) is 0 Å². The minimum atomic E-state index is -0.327. The van der Waals surface area contributed by atoms with Gasteiger partial charge in [0.2, 0.25) is 0 Å². The van der Waals surface area contributed by atoms with Gasteiger partial charge in [0.05, 0.1) is 6.04 Å². The number of nitrogens with zero attached hydrogens (tertiary/aromatic N) is 6. The molecule has 1 aliphatic carbocycles. The van der Waals surface area contributed by atoms with E-state index in [1.165, 1.54) is 24.8 Å². The minimum Gasteiger partial charge on any atom is -0.369 e. The molecule has 2 fully saturated rings. The zero-order valence-corrected chi connectivity index (χ0v) is 22.6. The van der Waals surface area contributed by atoms with Crippen molar-refractivity contribution in [2.45, 2.75) is 57.5 Å². The summed E-state index contributed by atoms with van der Waals surface area (Å²) in [6.07, 6.45) is 6.71. The van der Waals surface area contributed by atoms with Crippen molar-refractivity contribution in [2.75, 3.05) is 31.1 Å². The topological polar surface area (TPSA) is 82.9 Å². The van der Waals surface area contributed by atoms with Crippen molar-refractivity contribution in [1.82, 2.24) is 30.1 Å². The van der Waals surface area contributed by atoms with Crippen molar-refractivity contribution < 1.29 is 0 Å². The summed E-state index contributed by atoms with van der Waals surface area (Å²) in [7, 11) is 0. The van der Waals surface area contributed by atoms with E-state index in [4.69, 9.17) is 11.6 Å². The lowest BCUT2D eigenvalue weighted by molar-refractivity contribution is 0.192. The van der Waals surface area contributed by atoms with Gasteiger partial charge in [-0.2, -0.15) is 0 Å². The van der Waals surface area contributed by atoms with E-state index in [0.29, 0.717) is 5.56 Å². The number of H-pyrrole nitrogens is 1. The molecule has 6 rings (SSSR count). The molecule has 0 spiro atoms. The molecule has 1 aliphatic heterocycles. The van der Waals surface area contributed by atoms with Crippen LogP contribution < -0.4 is 10.5 Å². The first kappa shape index (κ1) is 25.1. The molecule has 2 aliphatic rings. The number of aromatic amines is 1. The van der Waals surface area contributed by atoms with Crippen molar-refractivity contribution in [3.63, 3.8) is 0 Å². The number of hydrogen-bond acceptors (Lipinski definition) is 6. The van der Waals surface area contributed by atoms with Crippen molar-refractivity contribution in [2.24, 2.45) is 0 Å². The molecule has 0 bridgehead atoms. The van der Waals surface area contributed by atoms with E-state index in [9.17, 15) is 4.79 Å². The minimum absolute atomic E-state index is 0.0813. The fourth-order valence-electron chi connectivity index (χ4n) is 6.07. The van der Waals surface area contributed by atoms with Crippen LogP contribution in [0.1, 0.15) is 68.1 Å². The second-order valence-corrected chi connectivity index (χ2v) is 10.9. The molecular formula is C29H34ClN7O. The Morgan fingerprint density at radius 1 is 1.03 bits per heavy atom. The molecule has 1 atom stereocenters. The molecule has 2 aromatic heterocycles. The molecule has 4 aromatic rings. The van der Waals surface area contributed by atoms with Gasteiger partial charge in [-0.3, -0.25) is 9.69 Å². The molecule has 0 radical (unpaired) electrons.